The summed E-state index contributed by atoms with van der Waals surface area (Å²) >= 11 is 5.06. The zero-order valence-electron chi connectivity index (χ0n) is 15.8. The molecule has 2 saturated heterocycles. The van der Waals surface area contributed by atoms with Gasteiger partial charge in [-0.2, -0.15) is 0 Å². The summed E-state index contributed by atoms with van der Waals surface area (Å²) in [6, 6.07) is 5.27. The van der Waals surface area contributed by atoms with Crippen molar-refractivity contribution in [3.8, 4) is 11.5 Å². The van der Waals surface area contributed by atoms with Gasteiger partial charge in [-0.1, -0.05) is 12.2 Å². The van der Waals surface area contributed by atoms with Crippen molar-refractivity contribution in [1.29, 1.82) is 0 Å². The number of amides is 1. The number of hydrogen-bond donors (Lipinski definition) is 2. The SMILES string of the molecule is COc1ccc(OC)c(C2CC(=O)NC(=S)C2=C=[N-])c1.C[NH+]1CCOCC1. The van der Waals surface area contributed by atoms with Gasteiger partial charge in [-0.05, 0) is 18.2 Å². The molecule has 0 spiro atoms. The number of morpholine rings is 1. The van der Waals surface area contributed by atoms with Gasteiger partial charge in [0.1, 0.15) is 29.6 Å². The molecule has 7 nitrogen and oxygen atoms in total. The summed E-state index contributed by atoms with van der Waals surface area (Å²) in [4.78, 5) is 13.4. The number of quaternary nitrogens is 1. The molecule has 2 fully saturated rings. The lowest BCUT2D eigenvalue weighted by Gasteiger charge is -2.27. The Balaban J connectivity index is 0.000000313. The van der Waals surface area contributed by atoms with Crippen molar-refractivity contribution < 1.29 is 23.9 Å². The van der Waals surface area contributed by atoms with Gasteiger partial charge in [-0.25, -0.2) is 0 Å². The van der Waals surface area contributed by atoms with E-state index in [1.54, 1.807) is 37.3 Å². The van der Waals surface area contributed by atoms with Crippen molar-refractivity contribution in [3.63, 3.8) is 0 Å². The maximum absolute atomic E-state index is 11.7. The Labute approximate surface area is 164 Å². The van der Waals surface area contributed by atoms with Crippen LogP contribution in [0.25, 0.3) is 5.41 Å². The van der Waals surface area contributed by atoms with Gasteiger partial charge in [-0.15, -0.1) is 0 Å². The van der Waals surface area contributed by atoms with Gasteiger partial charge >= 0.3 is 0 Å². The van der Waals surface area contributed by atoms with Crippen LogP contribution in [0.4, 0.5) is 0 Å². The number of likely N-dealkylation sites (N-methyl/N-ethyl adjacent to an activating group) is 1. The average molecular weight is 391 g/mol. The van der Waals surface area contributed by atoms with Gasteiger partial charge in [0.25, 0.3) is 0 Å². The highest BCUT2D eigenvalue weighted by atomic mass is 32.1. The second kappa shape index (κ2) is 10.2. The number of hydrogen-bond acceptors (Lipinski definition) is 5. The first-order chi connectivity index (χ1) is 13.0. The Morgan fingerprint density at radius 3 is 2.52 bits per heavy atom. The van der Waals surface area contributed by atoms with Crippen molar-refractivity contribution in [2.45, 2.75) is 12.3 Å². The fourth-order valence-corrected chi connectivity index (χ4v) is 3.22. The molecule has 27 heavy (non-hydrogen) atoms. The monoisotopic (exact) mass is 391 g/mol. The molecule has 0 radical (unpaired) electrons. The number of ether oxygens (including phenoxy) is 3. The summed E-state index contributed by atoms with van der Waals surface area (Å²) < 4.78 is 15.6. The van der Waals surface area contributed by atoms with E-state index in [-0.39, 0.29) is 17.3 Å². The molecule has 0 aromatic heterocycles. The van der Waals surface area contributed by atoms with Crippen molar-refractivity contribution >= 4 is 29.0 Å². The van der Waals surface area contributed by atoms with Gasteiger partial charge < -0.3 is 29.8 Å². The predicted molar refractivity (Wildman–Crippen MR) is 107 cm³/mol. The summed E-state index contributed by atoms with van der Waals surface area (Å²) in [6.07, 6.45) is 0.159. The molecule has 3 rings (SSSR count). The van der Waals surface area contributed by atoms with Crippen LogP contribution in [0.2, 0.25) is 0 Å². The molecule has 1 aromatic carbocycles. The third-order valence-corrected chi connectivity index (χ3v) is 4.84. The van der Waals surface area contributed by atoms with Crippen LogP contribution in [-0.4, -0.2) is 64.3 Å². The molecule has 146 valence electrons. The number of nitrogens with zero attached hydrogens (tertiary/aromatic N) is 1. The minimum atomic E-state index is -0.411. The number of piperidine rings is 1. The maximum Gasteiger partial charge on any atom is 0.225 e. The first-order valence-corrected chi connectivity index (χ1v) is 9.13. The second-order valence-corrected chi connectivity index (χ2v) is 6.75. The van der Waals surface area contributed by atoms with Crippen molar-refractivity contribution in [1.82, 2.24) is 5.32 Å². The van der Waals surface area contributed by atoms with Gasteiger partial charge in [0.2, 0.25) is 5.91 Å². The van der Waals surface area contributed by atoms with Crippen LogP contribution in [0.1, 0.15) is 17.9 Å². The average Bonchev–Trinajstić information content (AvgIpc) is 2.68. The molecule has 1 aromatic rings. The summed E-state index contributed by atoms with van der Waals surface area (Å²) in [6.45, 7) is 4.26. The van der Waals surface area contributed by atoms with Crippen molar-refractivity contribution in [3.05, 3.63) is 34.7 Å². The topological polar surface area (TPSA) is 83.5 Å². The lowest BCUT2D eigenvalue weighted by atomic mass is 9.85. The van der Waals surface area contributed by atoms with Crippen LogP contribution in [0.5, 0.6) is 11.5 Å². The van der Waals surface area contributed by atoms with Gasteiger partial charge in [-0.3, -0.25) is 10.7 Å². The first-order valence-electron chi connectivity index (χ1n) is 8.72. The zero-order valence-corrected chi connectivity index (χ0v) is 16.6. The lowest BCUT2D eigenvalue weighted by Crippen LogP contribution is -3.11. The van der Waals surface area contributed by atoms with E-state index in [0.717, 1.165) is 18.8 Å². The van der Waals surface area contributed by atoms with E-state index < -0.39 is 5.92 Å². The first kappa shape index (κ1) is 21.1. The molecule has 2 heterocycles. The Hall–Kier alpha value is -2.25. The Morgan fingerprint density at radius 1 is 1.30 bits per heavy atom. The van der Waals surface area contributed by atoms with E-state index in [4.69, 9.17) is 26.4 Å². The fraction of sp³-hybridized carbons (Fsp3) is 0.474. The molecule has 0 aliphatic carbocycles. The number of thiocarbonyl (C=S) groups is 1. The Morgan fingerprint density at radius 2 is 2.00 bits per heavy atom. The van der Waals surface area contributed by atoms with E-state index in [9.17, 15) is 10.2 Å². The van der Waals surface area contributed by atoms with Gasteiger partial charge in [0.05, 0.1) is 34.5 Å². The van der Waals surface area contributed by atoms with E-state index in [2.05, 4.69) is 18.2 Å². The zero-order chi connectivity index (χ0) is 19.8. The van der Waals surface area contributed by atoms with E-state index in [1.165, 1.54) is 13.1 Å². The van der Waals surface area contributed by atoms with Crippen molar-refractivity contribution in [2.75, 3.05) is 47.6 Å². The molecule has 8 heteroatoms. The van der Waals surface area contributed by atoms with E-state index in [1.807, 2.05) is 0 Å². The van der Waals surface area contributed by atoms with Gasteiger partial charge in [0.15, 0.2) is 0 Å². The highest BCUT2D eigenvalue weighted by Crippen LogP contribution is 2.37. The highest BCUT2D eigenvalue weighted by Gasteiger charge is 2.30. The minimum Gasteiger partial charge on any atom is -0.763 e. The summed E-state index contributed by atoms with van der Waals surface area (Å²) in [7, 11) is 5.29. The van der Waals surface area contributed by atoms with E-state index >= 15 is 0 Å². The molecular formula is C19H25N3O4S. The molecule has 0 bridgehead atoms. The fourth-order valence-electron chi connectivity index (χ4n) is 2.92. The van der Waals surface area contributed by atoms with Crippen LogP contribution >= 0.6 is 12.2 Å². The smallest absolute Gasteiger partial charge is 0.225 e. The number of benzene rings is 1. The molecule has 2 aliphatic heterocycles. The normalized spacial score (nSPS) is 20.1. The van der Waals surface area contributed by atoms with Crippen LogP contribution in [0.15, 0.2) is 23.8 Å². The van der Waals surface area contributed by atoms with Crippen LogP contribution in [0, 0.1) is 0 Å². The molecule has 2 N–H and O–H groups in total. The predicted octanol–water partition coefficient (Wildman–Crippen LogP) is 0.332. The number of nitrogens with one attached hydrogen (secondary N) is 2. The largest absolute Gasteiger partial charge is 0.763 e. The Kier molecular flexibility index (Phi) is 7.94. The summed E-state index contributed by atoms with van der Waals surface area (Å²) in [5.41, 5.74) is 1.09. The van der Waals surface area contributed by atoms with Crippen LogP contribution in [-0.2, 0) is 9.53 Å². The molecule has 2 aliphatic rings. The third kappa shape index (κ3) is 5.61. The van der Waals surface area contributed by atoms with Crippen LogP contribution in [0.3, 0.4) is 0 Å². The van der Waals surface area contributed by atoms with E-state index in [0.29, 0.717) is 17.1 Å². The minimum absolute atomic E-state index is 0.159. The molecular weight excluding hydrogens is 366 g/mol. The quantitative estimate of drug-likeness (QED) is 0.441. The number of carbonyl (C=O) groups excluding carboxylic acids is 1. The second-order valence-electron chi connectivity index (χ2n) is 6.34. The Bertz CT molecular complexity index is 740. The van der Waals surface area contributed by atoms with Crippen LogP contribution < -0.4 is 19.7 Å². The molecule has 1 atom stereocenters. The maximum atomic E-state index is 11.7. The molecule has 1 amide bonds. The molecule has 1 unspecified atom stereocenters. The molecule has 0 saturated carbocycles. The van der Waals surface area contributed by atoms with Gasteiger partial charge in [0, 0.05) is 23.5 Å². The number of carbonyl (C=O) groups is 1. The van der Waals surface area contributed by atoms with Crippen molar-refractivity contribution in [2.24, 2.45) is 0 Å². The lowest BCUT2D eigenvalue weighted by molar-refractivity contribution is -0.888. The number of methoxy groups -OCH3 is 2. The third-order valence-electron chi connectivity index (χ3n) is 4.51. The number of rotatable bonds is 3. The standard InChI is InChI=1S/C14H13N2O3S.C5H11NO/c1-18-8-3-4-12(19-2)10(5-8)9-6-13(17)16-14(20)11(9)7-15;1-6-2-4-7-5-3-6/h3-5,9H,6H2,1-2H3,(H,16,17,20);2-5H2,1H3/q-1;/p+1. The summed E-state index contributed by atoms with van der Waals surface area (Å²) in [5, 5.41) is 11.8. The highest BCUT2D eigenvalue weighted by molar-refractivity contribution is 7.80. The summed E-state index contributed by atoms with van der Waals surface area (Å²) in [5.74, 6) is 2.69.